The van der Waals surface area contributed by atoms with Gasteiger partial charge in [-0.15, -0.1) is 17.8 Å². The van der Waals surface area contributed by atoms with E-state index in [0.29, 0.717) is 39.8 Å². The largest absolute Gasteiger partial charge is 0.383 e. The highest BCUT2D eigenvalue weighted by Gasteiger charge is 2.28. The highest BCUT2D eigenvalue weighted by molar-refractivity contribution is 7.20. The van der Waals surface area contributed by atoms with Gasteiger partial charge in [-0.3, -0.25) is 4.79 Å². The van der Waals surface area contributed by atoms with Crippen molar-refractivity contribution in [3.8, 4) is 23.7 Å². The molecule has 1 amide bonds. The smallest absolute Gasteiger partial charge is 0.264 e. The second kappa shape index (κ2) is 7.23. The molecule has 0 radical (unpaired) electrons. The van der Waals surface area contributed by atoms with Crippen molar-refractivity contribution in [2.75, 3.05) is 18.8 Å². The Balaban J connectivity index is 1.70. The van der Waals surface area contributed by atoms with Gasteiger partial charge in [0.25, 0.3) is 5.91 Å². The first-order valence-electron chi connectivity index (χ1n) is 9.03. The highest BCUT2D eigenvalue weighted by Crippen LogP contribution is 2.31. The fourth-order valence-corrected chi connectivity index (χ4v) is 4.43. The molecule has 2 aromatic heterocycles. The molecular formula is C21H20N4O2S. The van der Waals surface area contributed by atoms with Gasteiger partial charge in [0.05, 0.1) is 22.5 Å². The van der Waals surface area contributed by atoms with E-state index in [1.807, 2.05) is 43.0 Å². The van der Waals surface area contributed by atoms with Gasteiger partial charge in [-0.05, 0) is 32.0 Å². The number of morpholine rings is 1. The van der Waals surface area contributed by atoms with Gasteiger partial charge >= 0.3 is 0 Å². The van der Waals surface area contributed by atoms with Gasteiger partial charge < -0.3 is 15.4 Å². The molecule has 0 unspecified atom stereocenters. The van der Waals surface area contributed by atoms with Crippen LogP contribution in [0.5, 0.6) is 0 Å². The number of carbonyl (C=O) groups is 1. The highest BCUT2D eigenvalue weighted by atomic mass is 32.1. The molecule has 1 aromatic carbocycles. The number of hydrogen-bond donors (Lipinski definition) is 1. The average molecular weight is 392 g/mol. The average Bonchev–Trinajstić information content (AvgIpc) is 3.11. The summed E-state index contributed by atoms with van der Waals surface area (Å²) >= 11 is 1.33. The number of nitrogens with two attached hydrogens (primary N) is 1. The van der Waals surface area contributed by atoms with Crippen LogP contribution in [-0.4, -0.2) is 46.1 Å². The van der Waals surface area contributed by atoms with Crippen molar-refractivity contribution >= 4 is 33.3 Å². The normalized spacial score (nSPS) is 19.5. The zero-order valence-corrected chi connectivity index (χ0v) is 16.5. The van der Waals surface area contributed by atoms with E-state index in [-0.39, 0.29) is 18.1 Å². The molecule has 2 N–H and O–H groups in total. The van der Waals surface area contributed by atoms with Gasteiger partial charge in [0.15, 0.2) is 5.82 Å². The van der Waals surface area contributed by atoms with Gasteiger partial charge in [-0.25, -0.2) is 9.97 Å². The predicted molar refractivity (Wildman–Crippen MR) is 111 cm³/mol. The van der Waals surface area contributed by atoms with Gasteiger partial charge in [0.1, 0.15) is 10.6 Å². The van der Waals surface area contributed by atoms with Gasteiger partial charge in [-0.2, -0.15) is 0 Å². The zero-order chi connectivity index (χ0) is 19.8. The lowest BCUT2D eigenvalue weighted by Crippen LogP contribution is -2.48. The molecule has 6 nitrogen and oxygen atoms in total. The first-order valence-corrected chi connectivity index (χ1v) is 9.85. The second-order valence-electron chi connectivity index (χ2n) is 6.95. The van der Waals surface area contributed by atoms with E-state index in [1.165, 1.54) is 11.3 Å². The zero-order valence-electron chi connectivity index (χ0n) is 15.7. The number of thiophene rings is 1. The topological polar surface area (TPSA) is 81.3 Å². The predicted octanol–water partition coefficient (Wildman–Crippen LogP) is 3.17. The van der Waals surface area contributed by atoms with E-state index >= 15 is 0 Å². The lowest BCUT2D eigenvalue weighted by atomic mass is 10.1. The van der Waals surface area contributed by atoms with Crippen LogP contribution in [0.25, 0.3) is 21.6 Å². The number of aromatic nitrogens is 2. The van der Waals surface area contributed by atoms with Crippen molar-refractivity contribution in [1.29, 1.82) is 0 Å². The maximum atomic E-state index is 13.0. The van der Waals surface area contributed by atoms with E-state index in [1.54, 1.807) is 6.07 Å². The lowest BCUT2D eigenvalue weighted by Gasteiger charge is -2.35. The minimum absolute atomic E-state index is 0.0157. The van der Waals surface area contributed by atoms with Crippen LogP contribution in [-0.2, 0) is 4.74 Å². The van der Waals surface area contributed by atoms with Crippen molar-refractivity contribution in [3.63, 3.8) is 0 Å². The van der Waals surface area contributed by atoms with Crippen molar-refractivity contribution < 1.29 is 9.53 Å². The molecule has 28 heavy (non-hydrogen) atoms. The summed E-state index contributed by atoms with van der Waals surface area (Å²) in [5, 5.41) is 0.694. The van der Waals surface area contributed by atoms with E-state index in [0.717, 1.165) is 11.1 Å². The molecule has 0 spiro atoms. The molecule has 7 heteroatoms. The fraction of sp³-hybridized carbons (Fsp3) is 0.286. The fourth-order valence-electron chi connectivity index (χ4n) is 3.43. The monoisotopic (exact) mass is 392 g/mol. The Morgan fingerprint density at radius 1 is 1.29 bits per heavy atom. The Morgan fingerprint density at radius 3 is 2.75 bits per heavy atom. The number of benzene rings is 1. The SMILES string of the molecule is C#Cc1cccc(-c2nc(N)c3cc(C(=O)N4C[C@@H](C)O[C@@H](C)C4)sc3n2)c1. The van der Waals surface area contributed by atoms with Crippen LogP contribution >= 0.6 is 11.3 Å². The molecule has 3 aromatic rings. The van der Waals surface area contributed by atoms with Gasteiger partial charge in [-0.1, -0.05) is 18.1 Å². The van der Waals surface area contributed by atoms with E-state index in [4.69, 9.17) is 16.9 Å². The third kappa shape index (κ3) is 3.44. The van der Waals surface area contributed by atoms with E-state index in [9.17, 15) is 4.79 Å². The maximum absolute atomic E-state index is 13.0. The number of rotatable bonds is 2. The third-order valence-electron chi connectivity index (χ3n) is 4.63. The van der Waals surface area contributed by atoms with Gasteiger partial charge in [0, 0.05) is 24.2 Å². The maximum Gasteiger partial charge on any atom is 0.264 e. The van der Waals surface area contributed by atoms with E-state index < -0.39 is 0 Å². The Labute approximate surface area is 167 Å². The third-order valence-corrected chi connectivity index (χ3v) is 5.64. The summed E-state index contributed by atoms with van der Waals surface area (Å²) in [6, 6.07) is 9.22. The van der Waals surface area contributed by atoms with Crippen molar-refractivity contribution in [3.05, 3.63) is 40.8 Å². The summed E-state index contributed by atoms with van der Waals surface area (Å²) in [5.74, 6) is 3.43. The Bertz CT molecular complexity index is 1090. The number of amides is 1. The summed E-state index contributed by atoms with van der Waals surface area (Å²) < 4.78 is 5.72. The second-order valence-corrected chi connectivity index (χ2v) is 7.99. The number of nitrogens with zero attached hydrogens (tertiary/aromatic N) is 3. The summed E-state index contributed by atoms with van der Waals surface area (Å²) in [7, 11) is 0. The van der Waals surface area contributed by atoms with Crippen LogP contribution in [0.1, 0.15) is 29.1 Å². The Hall–Kier alpha value is -2.95. The van der Waals surface area contributed by atoms with Crippen molar-refractivity contribution in [1.82, 2.24) is 14.9 Å². The van der Waals surface area contributed by atoms with Crippen LogP contribution in [0, 0.1) is 12.3 Å². The van der Waals surface area contributed by atoms with Crippen LogP contribution < -0.4 is 5.73 Å². The molecule has 1 saturated heterocycles. The number of carbonyl (C=O) groups excluding carboxylic acids is 1. The van der Waals surface area contributed by atoms with Crippen LogP contribution in [0.15, 0.2) is 30.3 Å². The minimum atomic E-state index is -0.0275. The molecule has 0 saturated carbocycles. The molecule has 3 heterocycles. The van der Waals surface area contributed by atoms with Crippen molar-refractivity contribution in [2.24, 2.45) is 0 Å². The minimum Gasteiger partial charge on any atom is -0.383 e. The summed E-state index contributed by atoms with van der Waals surface area (Å²) in [6.07, 6.45) is 5.51. The van der Waals surface area contributed by atoms with Crippen LogP contribution in [0.2, 0.25) is 0 Å². The van der Waals surface area contributed by atoms with Crippen LogP contribution in [0.3, 0.4) is 0 Å². The van der Waals surface area contributed by atoms with Gasteiger partial charge in [0.2, 0.25) is 0 Å². The molecule has 1 aliphatic rings. The molecular weight excluding hydrogens is 372 g/mol. The van der Waals surface area contributed by atoms with Crippen molar-refractivity contribution in [2.45, 2.75) is 26.1 Å². The summed E-state index contributed by atoms with van der Waals surface area (Å²) in [6.45, 7) is 5.09. The lowest BCUT2D eigenvalue weighted by molar-refractivity contribution is -0.0585. The number of anilines is 1. The molecule has 0 aliphatic carbocycles. The van der Waals surface area contributed by atoms with Crippen LogP contribution in [0.4, 0.5) is 5.82 Å². The number of terminal acetylenes is 1. The van der Waals surface area contributed by atoms with E-state index in [2.05, 4.69) is 15.9 Å². The molecule has 0 bridgehead atoms. The first-order chi connectivity index (χ1) is 13.4. The Kier molecular flexibility index (Phi) is 4.75. The molecule has 2 atom stereocenters. The summed E-state index contributed by atoms with van der Waals surface area (Å²) in [5.41, 5.74) is 7.71. The summed E-state index contributed by atoms with van der Waals surface area (Å²) in [4.78, 5) is 25.1. The molecule has 4 rings (SSSR count). The quantitative estimate of drug-likeness (QED) is 0.678. The number of nitrogen functional groups attached to an aromatic ring is 1. The molecule has 1 aliphatic heterocycles. The standard InChI is InChI=1S/C21H20N4O2S/c1-4-14-6-5-7-15(8-14)19-23-18(22)16-9-17(28-20(16)24-19)21(26)25-10-12(2)27-13(3)11-25/h1,5-9,12-13H,10-11H2,2-3H3,(H2,22,23,24)/t12-,13+. The Morgan fingerprint density at radius 2 is 2.04 bits per heavy atom. The molecule has 142 valence electrons. The first kappa shape index (κ1) is 18.4. The molecule has 1 fully saturated rings. The number of fused-ring (bicyclic) bond motifs is 1. The number of hydrogen-bond acceptors (Lipinski definition) is 6. The number of ether oxygens (including phenoxy) is 1.